The summed E-state index contributed by atoms with van der Waals surface area (Å²) in [6, 6.07) is 8.47. The number of pyridine rings is 1. The number of aromatic nitrogens is 1. The first kappa shape index (κ1) is 16.1. The molecule has 1 aliphatic rings. The van der Waals surface area contributed by atoms with Crippen LogP contribution in [0.25, 0.3) is 0 Å². The maximum Gasteiger partial charge on any atom is 0.338 e. The Morgan fingerprint density at radius 2 is 2.08 bits per heavy atom. The maximum absolute atomic E-state index is 11.9. The van der Waals surface area contributed by atoms with Crippen LogP contribution in [0.2, 0.25) is 0 Å². The second-order valence-electron chi connectivity index (χ2n) is 4.91. The van der Waals surface area contributed by atoms with Crippen LogP contribution in [-0.2, 0) is 11.3 Å². The summed E-state index contributed by atoms with van der Waals surface area (Å²) in [6.07, 6.45) is 1.50. The summed E-state index contributed by atoms with van der Waals surface area (Å²) < 4.78 is 10.5. The summed E-state index contributed by atoms with van der Waals surface area (Å²) in [7, 11) is 0. The van der Waals surface area contributed by atoms with Crippen molar-refractivity contribution in [2.24, 2.45) is 0 Å². The number of hydrogen-bond acceptors (Lipinski definition) is 6. The van der Waals surface area contributed by atoms with Crippen molar-refractivity contribution in [3.63, 3.8) is 0 Å². The number of carbonyl (C=O) groups excluding carboxylic acids is 1. The van der Waals surface area contributed by atoms with Crippen molar-refractivity contribution >= 4 is 23.6 Å². The van der Waals surface area contributed by atoms with E-state index in [1.54, 1.807) is 12.1 Å². The van der Waals surface area contributed by atoms with E-state index >= 15 is 0 Å². The van der Waals surface area contributed by atoms with Gasteiger partial charge in [-0.3, -0.25) is 4.79 Å². The molecule has 0 unspecified atom stereocenters. The molecule has 8 heteroatoms. The molecule has 24 heavy (non-hydrogen) atoms. The molecule has 1 aromatic heterocycles. The van der Waals surface area contributed by atoms with Gasteiger partial charge in [-0.2, -0.15) is 0 Å². The van der Waals surface area contributed by atoms with E-state index in [-0.39, 0.29) is 24.0 Å². The number of aromatic carboxylic acids is 1. The van der Waals surface area contributed by atoms with Gasteiger partial charge in [0.15, 0.2) is 11.5 Å². The first-order valence-electron chi connectivity index (χ1n) is 7.10. The van der Waals surface area contributed by atoms with Crippen LogP contribution in [0.15, 0.2) is 41.6 Å². The quantitative estimate of drug-likeness (QED) is 0.771. The molecule has 0 fully saturated rings. The van der Waals surface area contributed by atoms with Crippen LogP contribution in [0.5, 0.6) is 11.5 Å². The highest BCUT2D eigenvalue weighted by atomic mass is 32.2. The number of nitrogens with zero attached hydrogens (tertiary/aromatic N) is 1. The standard InChI is InChI=1S/C16H14N2O5S/c19-14(8-24-15-11(16(20)21)2-1-5-17-15)18-7-10-3-4-12-13(6-10)23-9-22-12/h1-6H,7-9H2,(H,18,19)(H,20,21). The lowest BCUT2D eigenvalue weighted by Crippen LogP contribution is -2.24. The molecule has 0 spiro atoms. The minimum absolute atomic E-state index is 0.0852. The molecule has 2 aromatic rings. The first-order chi connectivity index (χ1) is 11.6. The summed E-state index contributed by atoms with van der Waals surface area (Å²) in [5.41, 5.74) is 0.979. The van der Waals surface area contributed by atoms with Crippen LogP contribution in [0.1, 0.15) is 15.9 Å². The van der Waals surface area contributed by atoms with Crippen molar-refractivity contribution in [2.45, 2.75) is 11.6 Å². The lowest BCUT2D eigenvalue weighted by atomic mass is 10.2. The molecule has 1 aliphatic heterocycles. The van der Waals surface area contributed by atoms with Gasteiger partial charge in [0.25, 0.3) is 0 Å². The smallest absolute Gasteiger partial charge is 0.338 e. The van der Waals surface area contributed by atoms with Crippen molar-refractivity contribution in [3.8, 4) is 11.5 Å². The van der Waals surface area contributed by atoms with E-state index in [0.29, 0.717) is 23.1 Å². The number of ether oxygens (including phenoxy) is 2. The van der Waals surface area contributed by atoms with E-state index in [4.69, 9.17) is 14.6 Å². The number of carboxylic acid groups (broad SMARTS) is 1. The minimum atomic E-state index is -1.06. The first-order valence-corrected chi connectivity index (χ1v) is 8.08. The molecule has 2 N–H and O–H groups in total. The molecule has 3 rings (SSSR count). The van der Waals surface area contributed by atoms with Crippen molar-refractivity contribution in [2.75, 3.05) is 12.5 Å². The van der Waals surface area contributed by atoms with Gasteiger partial charge in [-0.05, 0) is 29.8 Å². The fraction of sp³-hybridized carbons (Fsp3) is 0.188. The number of benzene rings is 1. The lowest BCUT2D eigenvalue weighted by Gasteiger charge is -2.07. The molecule has 7 nitrogen and oxygen atoms in total. The maximum atomic E-state index is 11.9. The molecule has 0 aliphatic carbocycles. The molecule has 0 atom stereocenters. The van der Waals surface area contributed by atoms with E-state index in [0.717, 1.165) is 17.3 Å². The van der Waals surface area contributed by atoms with Gasteiger partial charge in [-0.25, -0.2) is 9.78 Å². The zero-order valence-electron chi connectivity index (χ0n) is 12.5. The summed E-state index contributed by atoms with van der Waals surface area (Å²) >= 11 is 1.09. The number of carbonyl (C=O) groups is 2. The van der Waals surface area contributed by atoms with Crippen LogP contribution in [0.4, 0.5) is 0 Å². The second-order valence-corrected chi connectivity index (χ2v) is 5.88. The highest BCUT2D eigenvalue weighted by Gasteiger charge is 2.14. The Bertz CT molecular complexity index is 781. The highest BCUT2D eigenvalue weighted by Crippen LogP contribution is 2.32. The van der Waals surface area contributed by atoms with E-state index in [1.165, 1.54) is 12.3 Å². The third kappa shape index (κ3) is 3.77. The molecular formula is C16H14N2O5S. The van der Waals surface area contributed by atoms with Crippen LogP contribution in [0, 0.1) is 0 Å². The number of carboxylic acids is 1. The van der Waals surface area contributed by atoms with Gasteiger partial charge in [0.2, 0.25) is 12.7 Å². The summed E-state index contributed by atoms with van der Waals surface area (Å²) in [4.78, 5) is 27.0. The Labute approximate surface area is 142 Å². The monoisotopic (exact) mass is 346 g/mol. The number of thioether (sulfide) groups is 1. The van der Waals surface area contributed by atoms with Crippen molar-refractivity contribution in [3.05, 3.63) is 47.7 Å². The zero-order valence-corrected chi connectivity index (χ0v) is 13.3. The van der Waals surface area contributed by atoms with Crippen LogP contribution in [-0.4, -0.2) is 34.5 Å². The lowest BCUT2D eigenvalue weighted by molar-refractivity contribution is -0.118. The fourth-order valence-electron chi connectivity index (χ4n) is 2.11. The van der Waals surface area contributed by atoms with Gasteiger partial charge in [-0.15, -0.1) is 0 Å². The molecule has 0 bridgehead atoms. The van der Waals surface area contributed by atoms with E-state index in [2.05, 4.69) is 10.3 Å². The van der Waals surface area contributed by atoms with Gasteiger partial charge in [0, 0.05) is 12.7 Å². The molecule has 0 saturated carbocycles. The van der Waals surface area contributed by atoms with Gasteiger partial charge >= 0.3 is 5.97 Å². The summed E-state index contributed by atoms with van der Waals surface area (Å²) in [5, 5.41) is 12.2. The average Bonchev–Trinajstić information content (AvgIpc) is 3.06. The third-order valence-corrected chi connectivity index (χ3v) is 4.27. The number of nitrogens with one attached hydrogen (secondary N) is 1. The number of rotatable bonds is 6. The Hall–Kier alpha value is -2.74. The number of hydrogen-bond donors (Lipinski definition) is 2. The molecule has 124 valence electrons. The minimum Gasteiger partial charge on any atom is -0.478 e. The fourth-order valence-corrected chi connectivity index (χ4v) is 2.92. The Morgan fingerprint density at radius 1 is 1.25 bits per heavy atom. The van der Waals surface area contributed by atoms with E-state index in [9.17, 15) is 9.59 Å². The molecular weight excluding hydrogens is 332 g/mol. The average molecular weight is 346 g/mol. The number of amides is 1. The molecule has 1 aromatic carbocycles. The van der Waals surface area contributed by atoms with Crippen LogP contribution >= 0.6 is 11.8 Å². The van der Waals surface area contributed by atoms with E-state index in [1.807, 2.05) is 12.1 Å². The molecule has 0 radical (unpaired) electrons. The normalized spacial score (nSPS) is 12.0. The van der Waals surface area contributed by atoms with E-state index < -0.39 is 5.97 Å². The predicted octanol–water partition coefficient (Wildman–Crippen LogP) is 1.92. The Balaban J connectivity index is 1.52. The molecule has 2 heterocycles. The van der Waals surface area contributed by atoms with Crippen molar-refractivity contribution in [1.29, 1.82) is 0 Å². The Morgan fingerprint density at radius 3 is 2.92 bits per heavy atom. The van der Waals surface area contributed by atoms with Gasteiger partial charge in [-0.1, -0.05) is 17.8 Å². The van der Waals surface area contributed by atoms with Crippen molar-refractivity contribution in [1.82, 2.24) is 10.3 Å². The van der Waals surface area contributed by atoms with Crippen molar-refractivity contribution < 1.29 is 24.2 Å². The third-order valence-electron chi connectivity index (χ3n) is 3.27. The largest absolute Gasteiger partial charge is 0.478 e. The molecule has 1 amide bonds. The highest BCUT2D eigenvalue weighted by molar-refractivity contribution is 8.00. The van der Waals surface area contributed by atoms with Gasteiger partial charge < -0.3 is 19.9 Å². The zero-order chi connectivity index (χ0) is 16.9. The molecule has 0 saturated heterocycles. The Kier molecular flexibility index (Phi) is 4.85. The van der Waals surface area contributed by atoms with Crippen LogP contribution in [0.3, 0.4) is 0 Å². The SMILES string of the molecule is O=C(CSc1ncccc1C(=O)O)NCc1ccc2c(c1)OCO2. The summed E-state index contributed by atoms with van der Waals surface area (Å²) in [5.74, 6) is 0.167. The topological polar surface area (TPSA) is 97.8 Å². The van der Waals surface area contributed by atoms with Gasteiger partial charge in [0.05, 0.1) is 11.3 Å². The second kappa shape index (κ2) is 7.22. The van der Waals surface area contributed by atoms with Gasteiger partial charge in [0.1, 0.15) is 5.03 Å². The van der Waals surface area contributed by atoms with Crippen LogP contribution < -0.4 is 14.8 Å². The number of fused-ring (bicyclic) bond motifs is 1. The summed E-state index contributed by atoms with van der Waals surface area (Å²) in [6.45, 7) is 0.557. The predicted molar refractivity (Wildman–Crippen MR) is 86.3 cm³/mol.